The van der Waals surface area contributed by atoms with Crippen molar-refractivity contribution in [3.05, 3.63) is 21.0 Å². The van der Waals surface area contributed by atoms with Crippen LogP contribution in [0.2, 0.25) is 0 Å². The Balaban J connectivity index is 2.83. The van der Waals surface area contributed by atoms with Crippen LogP contribution in [0.5, 0.6) is 0 Å². The zero-order valence-electron chi connectivity index (χ0n) is 11.1. The monoisotopic (exact) mass is 317 g/mol. The lowest BCUT2D eigenvalue weighted by Crippen LogP contribution is -2.27. The number of halogens is 1. The molecule has 6 heteroatoms. The average Bonchev–Trinajstić information content (AvgIpc) is 2.34. The highest BCUT2D eigenvalue weighted by molar-refractivity contribution is 9.10. The van der Waals surface area contributed by atoms with Crippen molar-refractivity contribution in [1.82, 2.24) is 9.78 Å². The van der Waals surface area contributed by atoms with E-state index in [4.69, 9.17) is 4.74 Å². The van der Waals surface area contributed by atoms with E-state index in [0.717, 1.165) is 18.5 Å². The van der Waals surface area contributed by atoms with E-state index in [9.17, 15) is 4.79 Å². The first-order valence-corrected chi connectivity index (χ1v) is 6.90. The minimum atomic E-state index is -0.138. The summed E-state index contributed by atoms with van der Waals surface area (Å²) in [4.78, 5) is 12.0. The molecule has 5 nitrogen and oxygen atoms in total. The molecule has 1 unspecified atom stereocenters. The molecule has 1 heterocycles. The topological polar surface area (TPSA) is 56.1 Å². The van der Waals surface area contributed by atoms with Crippen molar-refractivity contribution < 1.29 is 4.74 Å². The second-order valence-electron chi connectivity index (χ2n) is 4.23. The minimum Gasteiger partial charge on any atom is -0.383 e. The van der Waals surface area contributed by atoms with Gasteiger partial charge in [-0.1, -0.05) is 13.3 Å². The molecule has 1 aromatic heterocycles. The van der Waals surface area contributed by atoms with Gasteiger partial charge in [-0.2, -0.15) is 5.10 Å². The lowest BCUT2D eigenvalue weighted by molar-refractivity contribution is 0.181. The number of nitrogens with one attached hydrogen (secondary N) is 1. The normalized spacial score (nSPS) is 12.4. The van der Waals surface area contributed by atoms with E-state index in [1.807, 2.05) is 0 Å². The largest absolute Gasteiger partial charge is 0.383 e. The second-order valence-corrected chi connectivity index (χ2v) is 5.02. The van der Waals surface area contributed by atoms with Crippen molar-refractivity contribution in [2.45, 2.75) is 39.3 Å². The zero-order valence-corrected chi connectivity index (χ0v) is 12.7. The molecule has 0 saturated heterocycles. The molecule has 0 fully saturated rings. The summed E-state index contributed by atoms with van der Waals surface area (Å²) in [6, 6.07) is 0.322. The van der Waals surface area contributed by atoms with E-state index in [0.29, 0.717) is 23.7 Å². The molecular weight excluding hydrogens is 298 g/mol. The standard InChI is InChI=1S/C12H20BrN3O2/c1-4-5-9(2)15-10-8-14-16(6-7-18-3)12(17)11(10)13/h8-9,15H,4-7H2,1-3H3. The van der Waals surface area contributed by atoms with E-state index >= 15 is 0 Å². The Morgan fingerprint density at radius 3 is 2.94 bits per heavy atom. The predicted octanol–water partition coefficient (Wildman–Crippen LogP) is 2.25. The minimum absolute atomic E-state index is 0.138. The molecule has 1 atom stereocenters. The highest BCUT2D eigenvalue weighted by atomic mass is 79.9. The molecule has 0 amide bonds. The number of hydrogen-bond acceptors (Lipinski definition) is 4. The Bertz CT molecular complexity index is 434. The maximum absolute atomic E-state index is 12.0. The fraction of sp³-hybridized carbons (Fsp3) is 0.667. The van der Waals surface area contributed by atoms with Crippen LogP contribution in [0.1, 0.15) is 26.7 Å². The predicted molar refractivity (Wildman–Crippen MR) is 76.1 cm³/mol. The van der Waals surface area contributed by atoms with Gasteiger partial charge in [-0.25, -0.2) is 4.68 Å². The second kappa shape index (κ2) is 7.53. The Kier molecular flexibility index (Phi) is 6.35. The third kappa shape index (κ3) is 4.10. The molecule has 1 rings (SSSR count). The molecule has 0 saturated carbocycles. The SMILES string of the molecule is CCCC(C)Nc1cnn(CCOC)c(=O)c1Br. The van der Waals surface area contributed by atoms with Crippen LogP contribution < -0.4 is 10.9 Å². The summed E-state index contributed by atoms with van der Waals surface area (Å²) in [7, 11) is 1.60. The number of ether oxygens (including phenoxy) is 1. The van der Waals surface area contributed by atoms with Gasteiger partial charge in [0.2, 0.25) is 0 Å². The third-order valence-electron chi connectivity index (χ3n) is 2.62. The maximum Gasteiger partial charge on any atom is 0.283 e. The van der Waals surface area contributed by atoms with Crippen molar-refractivity contribution in [1.29, 1.82) is 0 Å². The fourth-order valence-electron chi connectivity index (χ4n) is 1.67. The molecule has 0 bridgehead atoms. The summed E-state index contributed by atoms with van der Waals surface area (Å²) in [6.07, 6.45) is 3.83. The van der Waals surface area contributed by atoms with Crippen LogP contribution in [0, 0.1) is 0 Å². The smallest absolute Gasteiger partial charge is 0.283 e. The molecule has 18 heavy (non-hydrogen) atoms. The van der Waals surface area contributed by atoms with Crippen LogP contribution in [0.25, 0.3) is 0 Å². The Morgan fingerprint density at radius 1 is 1.61 bits per heavy atom. The number of aromatic nitrogens is 2. The van der Waals surface area contributed by atoms with Crippen molar-refractivity contribution in [2.75, 3.05) is 19.0 Å². The summed E-state index contributed by atoms with van der Waals surface area (Å²) in [5.74, 6) is 0. The number of anilines is 1. The summed E-state index contributed by atoms with van der Waals surface area (Å²) in [5, 5.41) is 7.40. The third-order valence-corrected chi connectivity index (χ3v) is 3.38. The van der Waals surface area contributed by atoms with Gasteiger partial charge >= 0.3 is 0 Å². The van der Waals surface area contributed by atoms with Gasteiger partial charge in [-0.05, 0) is 29.3 Å². The molecule has 0 aliphatic carbocycles. The van der Waals surface area contributed by atoms with Crippen molar-refractivity contribution in [2.24, 2.45) is 0 Å². The number of rotatable bonds is 7. The van der Waals surface area contributed by atoms with E-state index in [-0.39, 0.29) is 5.56 Å². The summed E-state index contributed by atoms with van der Waals surface area (Å²) in [6.45, 7) is 5.15. The van der Waals surface area contributed by atoms with Crippen molar-refractivity contribution in [3.63, 3.8) is 0 Å². The van der Waals surface area contributed by atoms with Crippen molar-refractivity contribution >= 4 is 21.6 Å². The van der Waals surface area contributed by atoms with E-state index in [1.165, 1.54) is 4.68 Å². The first-order chi connectivity index (χ1) is 8.60. The molecular formula is C12H20BrN3O2. The van der Waals surface area contributed by atoms with Gasteiger partial charge in [-0.3, -0.25) is 4.79 Å². The molecule has 1 aromatic rings. The van der Waals surface area contributed by atoms with Gasteiger partial charge in [0, 0.05) is 13.2 Å². The molecule has 1 N–H and O–H groups in total. The number of nitrogens with zero attached hydrogens (tertiary/aromatic N) is 2. The molecule has 0 aliphatic rings. The first-order valence-electron chi connectivity index (χ1n) is 6.11. The molecule has 102 valence electrons. The molecule has 0 radical (unpaired) electrons. The quantitative estimate of drug-likeness (QED) is 0.838. The van der Waals surface area contributed by atoms with Gasteiger partial charge in [0.05, 0.1) is 25.0 Å². The Labute approximate surface area is 116 Å². The van der Waals surface area contributed by atoms with Gasteiger partial charge in [0.1, 0.15) is 4.47 Å². The van der Waals surface area contributed by atoms with Crippen LogP contribution in [-0.2, 0) is 11.3 Å². The van der Waals surface area contributed by atoms with E-state index in [1.54, 1.807) is 13.3 Å². The average molecular weight is 318 g/mol. The number of hydrogen-bond donors (Lipinski definition) is 1. The first kappa shape index (κ1) is 15.2. The van der Waals surface area contributed by atoms with Crippen LogP contribution in [0.15, 0.2) is 15.5 Å². The maximum atomic E-state index is 12.0. The molecule has 0 spiro atoms. The molecule has 0 aromatic carbocycles. The Hall–Kier alpha value is -0.880. The summed E-state index contributed by atoms with van der Waals surface area (Å²) in [5.41, 5.74) is 0.607. The summed E-state index contributed by atoms with van der Waals surface area (Å²) < 4.78 is 6.85. The van der Waals surface area contributed by atoms with Gasteiger partial charge < -0.3 is 10.1 Å². The highest BCUT2D eigenvalue weighted by Gasteiger charge is 2.10. The van der Waals surface area contributed by atoms with Crippen LogP contribution in [0.4, 0.5) is 5.69 Å². The number of methoxy groups -OCH3 is 1. The van der Waals surface area contributed by atoms with E-state index in [2.05, 4.69) is 40.2 Å². The molecule has 0 aliphatic heterocycles. The van der Waals surface area contributed by atoms with Gasteiger partial charge in [0.15, 0.2) is 0 Å². The Morgan fingerprint density at radius 2 is 2.33 bits per heavy atom. The lowest BCUT2D eigenvalue weighted by Gasteiger charge is -2.15. The fourth-order valence-corrected chi connectivity index (χ4v) is 2.09. The van der Waals surface area contributed by atoms with Crippen LogP contribution in [-0.4, -0.2) is 29.5 Å². The zero-order chi connectivity index (χ0) is 13.5. The highest BCUT2D eigenvalue weighted by Crippen LogP contribution is 2.18. The van der Waals surface area contributed by atoms with Crippen LogP contribution >= 0.6 is 15.9 Å². The lowest BCUT2D eigenvalue weighted by atomic mass is 10.2. The van der Waals surface area contributed by atoms with Gasteiger partial charge in [0.25, 0.3) is 5.56 Å². The van der Waals surface area contributed by atoms with Crippen LogP contribution in [0.3, 0.4) is 0 Å². The van der Waals surface area contributed by atoms with Gasteiger partial charge in [-0.15, -0.1) is 0 Å². The summed E-state index contributed by atoms with van der Waals surface area (Å²) >= 11 is 3.33. The van der Waals surface area contributed by atoms with Crippen molar-refractivity contribution in [3.8, 4) is 0 Å². The van der Waals surface area contributed by atoms with E-state index < -0.39 is 0 Å².